The normalized spacial score (nSPS) is 14.7. The van der Waals surface area contributed by atoms with Gasteiger partial charge in [-0.05, 0) is 48.2 Å². The molecule has 186 valence electrons. The maximum atomic E-state index is 12.6. The second-order valence-corrected chi connectivity index (χ2v) is 9.72. The number of carboxylic acids is 1. The molecule has 0 aliphatic carbocycles. The zero-order valence-corrected chi connectivity index (χ0v) is 21.4. The highest BCUT2D eigenvalue weighted by molar-refractivity contribution is 6.39. The van der Waals surface area contributed by atoms with Crippen molar-refractivity contribution in [2.24, 2.45) is 0 Å². The zero-order valence-electron chi connectivity index (χ0n) is 19.9. The van der Waals surface area contributed by atoms with Crippen LogP contribution in [0, 0.1) is 6.92 Å². The van der Waals surface area contributed by atoms with Crippen molar-refractivity contribution < 1.29 is 14.7 Å². The summed E-state index contributed by atoms with van der Waals surface area (Å²) < 4.78 is 0. The number of nitrogens with one attached hydrogen (secondary N) is 1. The summed E-state index contributed by atoms with van der Waals surface area (Å²) in [6.07, 6.45) is 4.94. The Bertz CT molecular complexity index is 1250. The lowest BCUT2D eigenvalue weighted by Gasteiger charge is -2.26. The molecular formula is C28H27Cl2N3O3. The fourth-order valence-electron chi connectivity index (χ4n) is 4.16. The molecule has 3 aromatic rings. The summed E-state index contributed by atoms with van der Waals surface area (Å²) in [7, 11) is 0. The second kappa shape index (κ2) is 11.7. The average Bonchev–Trinajstić information content (AvgIpc) is 2.86. The highest BCUT2D eigenvalue weighted by Gasteiger charge is 2.24. The lowest BCUT2D eigenvalue weighted by molar-refractivity contribution is -0.139. The third kappa shape index (κ3) is 6.52. The summed E-state index contributed by atoms with van der Waals surface area (Å²) >= 11 is 12.2. The number of hydrogen-bond acceptors (Lipinski definition) is 4. The summed E-state index contributed by atoms with van der Waals surface area (Å²) in [6.45, 7) is 4.83. The SMILES string of the molecule is Cc1ccc(CN2CC=C(c3ccc(C[C@H](NC(=O)c4c(Cl)cccc4Cl)C(=O)O)nc3)CC2)cc1. The Balaban J connectivity index is 1.37. The molecule has 0 unspecified atom stereocenters. The quantitative estimate of drug-likeness (QED) is 0.412. The number of hydrogen-bond donors (Lipinski definition) is 2. The lowest BCUT2D eigenvalue weighted by atomic mass is 9.99. The Hall–Kier alpha value is -3.19. The number of rotatable bonds is 8. The monoisotopic (exact) mass is 523 g/mol. The van der Waals surface area contributed by atoms with Gasteiger partial charge in [0.25, 0.3) is 5.91 Å². The van der Waals surface area contributed by atoms with Gasteiger partial charge in [-0.3, -0.25) is 14.7 Å². The Morgan fingerprint density at radius 1 is 1.08 bits per heavy atom. The van der Waals surface area contributed by atoms with Gasteiger partial charge in [-0.1, -0.05) is 71.2 Å². The largest absolute Gasteiger partial charge is 0.480 e. The van der Waals surface area contributed by atoms with Crippen molar-refractivity contribution in [2.45, 2.75) is 32.4 Å². The van der Waals surface area contributed by atoms with Crippen LogP contribution >= 0.6 is 23.2 Å². The first-order chi connectivity index (χ1) is 17.3. The van der Waals surface area contributed by atoms with Gasteiger partial charge in [0.2, 0.25) is 0 Å². The van der Waals surface area contributed by atoms with E-state index in [1.165, 1.54) is 28.8 Å². The fourth-order valence-corrected chi connectivity index (χ4v) is 4.73. The number of aryl methyl sites for hydroxylation is 1. The fraction of sp³-hybridized carbons (Fsp3) is 0.250. The molecule has 2 heterocycles. The Labute approximate surface area is 220 Å². The minimum atomic E-state index is -1.17. The average molecular weight is 524 g/mol. The van der Waals surface area contributed by atoms with Gasteiger partial charge in [0.05, 0.1) is 15.6 Å². The predicted molar refractivity (Wildman–Crippen MR) is 142 cm³/mol. The van der Waals surface area contributed by atoms with Crippen molar-refractivity contribution >= 4 is 40.7 Å². The number of halogens is 2. The molecule has 1 atom stereocenters. The van der Waals surface area contributed by atoms with Crippen molar-refractivity contribution in [1.82, 2.24) is 15.2 Å². The molecule has 2 N–H and O–H groups in total. The molecule has 8 heteroatoms. The van der Waals surface area contributed by atoms with Crippen molar-refractivity contribution in [3.05, 3.63) is 105 Å². The summed E-state index contributed by atoms with van der Waals surface area (Å²) in [5, 5.41) is 12.5. The van der Waals surface area contributed by atoms with Gasteiger partial charge >= 0.3 is 5.97 Å². The first-order valence-corrected chi connectivity index (χ1v) is 12.5. The van der Waals surface area contributed by atoms with E-state index in [0.717, 1.165) is 31.6 Å². The Kier molecular flexibility index (Phi) is 8.41. The minimum Gasteiger partial charge on any atom is -0.480 e. The van der Waals surface area contributed by atoms with Gasteiger partial charge in [-0.15, -0.1) is 0 Å². The van der Waals surface area contributed by atoms with Crippen LogP contribution in [0.15, 0.2) is 66.9 Å². The van der Waals surface area contributed by atoms with Crippen LogP contribution in [0.3, 0.4) is 0 Å². The number of benzene rings is 2. The van der Waals surface area contributed by atoms with Crippen molar-refractivity contribution in [3.8, 4) is 0 Å². The van der Waals surface area contributed by atoms with E-state index < -0.39 is 17.9 Å². The summed E-state index contributed by atoms with van der Waals surface area (Å²) in [4.78, 5) is 31.3. The van der Waals surface area contributed by atoms with E-state index in [0.29, 0.717) is 5.69 Å². The molecule has 0 saturated heterocycles. The van der Waals surface area contributed by atoms with Gasteiger partial charge in [0, 0.05) is 37.9 Å². The summed E-state index contributed by atoms with van der Waals surface area (Å²) in [6, 6.07) is 15.9. The first kappa shape index (κ1) is 25.9. The van der Waals surface area contributed by atoms with E-state index in [4.69, 9.17) is 23.2 Å². The molecule has 0 saturated carbocycles. The van der Waals surface area contributed by atoms with E-state index >= 15 is 0 Å². The molecule has 1 amide bonds. The van der Waals surface area contributed by atoms with Gasteiger partial charge in [0.1, 0.15) is 6.04 Å². The van der Waals surface area contributed by atoms with Gasteiger partial charge < -0.3 is 10.4 Å². The van der Waals surface area contributed by atoms with Crippen LogP contribution in [0.25, 0.3) is 5.57 Å². The Morgan fingerprint density at radius 3 is 2.39 bits per heavy atom. The lowest BCUT2D eigenvalue weighted by Crippen LogP contribution is -2.42. The van der Waals surface area contributed by atoms with Gasteiger partial charge in [-0.25, -0.2) is 4.79 Å². The molecule has 6 nitrogen and oxygen atoms in total. The number of nitrogens with zero attached hydrogens (tertiary/aromatic N) is 2. The maximum Gasteiger partial charge on any atom is 0.326 e. The standard InChI is InChI=1S/C28H27Cl2N3O3/c1-18-5-7-19(8-6-18)17-33-13-11-20(12-14-33)21-9-10-22(31-16-21)15-25(28(35)36)32-27(34)26-23(29)3-2-4-24(26)30/h2-11,16,25H,12-15,17H2,1H3,(H,32,34)(H,35,36)/t25-/m0/s1. The molecule has 0 spiro atoms. The molecule has 2 aromatic carbocycles. The van der Waals surface area contributed by atoms with Crippen LogP contribution in [-0.4, -0.2) is 46.0 Å². The maximum absolute atomic E-state index is 12.6. The second-order valence-electron chi connectivity index (χ2n) is 8.90. The summed E-state index contributed by atoms with van der Waals surface area (Å²) in [5.74, 6) is -1.81. The van der Waals surface area contributed by atoms with E-state index in [2.05, 4.69) is 52.5 Å². The molecule has 1 aromatic heterocycles. The number of carbonyl (C=O) groups is 2. The molecule has 36 heavy (non-hydrogen) atoms. The van der Waals surface area contributed by atoms with Gasteiger partial charge in [0.15, 0.2) is 0 Å². The van der Waals surface area contributed by atoms with Crippen molar-refractivity contribution in [3.63, 3.8) is 0 Å². The zero-order chi connectivity index (χ0) is 25.7. The number of amides is 1. The molecule has 0 bridgehead atoms. The first-order valence-electron chi connectivity index (χ1n) is 11.7. The number of carbonyl (C=O) groups excluding carboxylic acids is 1. The van der Waals surface area contributed by atoms with Crippen LogP contribution in [-0.2, 0) is 17.8 Å². The van der Waals surface area contributed by atoms with E-state index in [9.17, 15) is 14.7 Å². The molecule has 1 aliphatic rings. The smallest absolute Gasteiger partial charge is 0.326 e. The van der Waals surface area contributed by atoms with Crippen molar-refractivity contribution in [2.75, 3.05) is 13.1 Å². The van der Waals surface area contributed by atoms with Crippen LogP contribution in [0.5, 0.6) is 0 Å². The third-order valence-electron chi connectivity index (χ3n) is 6.22. The third-order valence-corrected chi connectivity index (χ3v) is 6.85. The number of aliphatic carboxylic acids is 1. The molecule has 4 rings (SSSR count). The molecule has 1 aliphatic heterocycles. The highest BCUT2D eigenvalue weighted by atomic mass is 35.5. The van der Waals surface area contributed by atoms with Crippen LogP contribution in [0.1, 0.15) is 39.2 Å². The number of pyridine rings is 1. The van der Waals surface area contributed by atoms with E-state index in [-0.39, 0.29) is 22.0 Å². The van der Waals surface area contributed by atoms with Crippen LogP contribution < -0.4 is 5.32 Å². The van der Waals surface area contributed by atoms with Crippen LogP contribution in [0.4, 0.5) is 0 Å². The molecule has 0 radical (unpaired) electrons. The topological polar surface area (TPSA) is 82.5 Å². The highest BCUT2D eigenvalue weighted by Crippen LogP contribution is 2.25. The molecule has 0 fully saturated rings. The minimum absolute atomic E-state index is 0.0345. The van der Waals surface area contributed by atoms with Crippen molar-refractivity contribution in [1.29, 1.82) is 0 Å². The van der Waals surface area contributed by atoms with Gasteiger partial charge in [-0.2, -0.15) is 0 Å². The number of carboxylic acid groups (broad SMARTS) is 1. The summed E-state index contributed by atoms with van der Waals surface area (Å²) in [5.41, 5.74) is 5.43. The van der Waals surface area contributed by atoms with E-state index in [1.54, 1.807) is 18.3 Å². The molecular weight excluding hydrogens is 497 g/mol. The van der Waals surface area contributed by atoms with Crippen LogP contribution in [0.2, 0.25) is 10.0 Å². The predicted octanol–water partition coefficient (Wildman–Crippen LogP) is 5.41. The number of aromatic nitrogens is 1. The van der Waals surface area contributed by atoms with E-state index in [1.807, 2.05) is 6.07 Å². The Morgan fingerprint density at radius 2 is 1.81 bits per heavy atom.